The van der Waals surface area contributed by atoms with E-state index in [9.17, 15) is 9.59 Å². The molecule has 0 spiro atoms. The van der Waals surface area contributed by atoms with Crippen molar-refractivity contribution in [3.05, 3.63) is 65.4 Å². The lowest BCUT2D eigenvalue weighted by Gasteiger charge is -2.14. The first-order valence-electron chi connectivity index (χ1n) is 8.57. The topological polar surface area (TPSA) is 84.1 Å². The van der Waals surface area contributed by atoms with Crippen LogP contribution in [0.3, 0.4) is 0 Å². The Labute approximate surface area is 151 Å². The first kappa shape index (κ1) is 17.7. The maximum Gasteiger partial charge on any atom is 0.359 e. The van der Waals surface area contributed by atoms with Crippen LogP contribution in [0.1, 0.15) is 41.5 Å². The van der Waals surface area contributed by atoms with Gasteiger partial charge in [-0.2, -0.15) is 5.10 Å². The van der Waals surface area contributed by atoms with Crippen LogP contribution in [0.15, 0.2) is 48.5 Å². The van der Waals surface area contributed by atoms with Crippen molar-refractivity contribution in [2.45, 2.75) is 26.3 Å². The fraction of sp³-hybridized carbons (Fsp3) is 0.250. The normalized spacial score (nSPS) is 11.9. The van der Waals surface area contributed by atoms with Crippen molar-refractivity contribution in [2.24, 2.45) is 0 Å². The molecule has 6 heteroatoms. The molecule has 6 nitrogen and oxygen atoms in total. The highest BCUT2D eigenvalue weighted by atomic mass is 16.5. The van der Waals surface area contributed by atoms with Gasteiger partial charge >= 0.3 is 5.97 Å². The van der Waals surface area contributed by atoms with Crippen LogP contribution in [-0.2, 0) is 16.0 Å². The molecule has 3 aromatic rings. The first-order valence-corrected chi connectivity index (χ1v) is 8.57. The second-order valence-corrected chi connectivity index (χ2v) is 6.08. The average molecular weight is 351 g/mol. The molecule has 0 aliphatic carbocycles. The van der Waals surface area contributed by atoms with Crippen molar-refractivity contribution >= 4 is 22.8 Å². The summed E-state index contributed by atoms with van der Waals surface area (Å²) in [5.74, 6) is -0.984. The Morgan fingerprint density at radius 3 is 2.62 bits per heavy atom. The predicted molar refractivity (Wildman–Crippen MR) is 98.8 cm³/mol. The monoisotopic (exact) mass is 351 g/mol. The molecule has 0 radical (unpaired) electrons. The zero-order valence-corrected chi connectivity index (χ0v) is 14.8. The largest absolute Gasteiger partial charge is 0.451 e. The van der Waals surface area contributed by atoms with Crippen molar-refractivity contribution in [1.82, 2.24) is 15.5 Å². The fourth-order valence-electron chi connectivity index (χ4n) is 2.73. The number of aryl methyl sites for hydroxylation is 1. The number of fused-ring (bicyclic) bond motifs is 1. The van der Waals surface area contributed by atoms with Crippen LogP contribution in [0, 0.1) is 0 Å². The number of carbonyl (C=O) groups is 2. The average Bonchev–Trinajstić information content (AvgIpc) is 3.10. The molecule has 2 aromatic carbocycles. The Morgan fingerprint density at radius 1 is 1.15 bits per heavy atom. The van der Waals surface area contributed by atoms with E-state index in [-0.39, 0.29) is 24.2 Å². The lowest BCUT2D eigenvalue weighted by molar-refractivity contribution is -0.124. The van der Waals surface area contributed by atoms with Crippen molar-refractivity contribution in [2.75, 3.05) is 6.61 Å². The number of ether oxygens (including phenoxy) is 1. The van der Waals surface area contributed by atoms with E-state index in [4.69, 9.17) is 4.74 Å². The Kier molecular flexibility index (Phi) is 5.31. The summed E-state index contributed by atoms with van der Waals surface area (Å²) in [7, 11) is 0. The predicted octanol–water partition coefficient (Wildman–Crippen LogP) is 3.16. The minimum absolute atomic E-state index is 0.168. The van der Waals surface area contributed by atoms with Gasteiger partial charge in [0.2, 0.25) is 0 Å². The van der Waals surface area contributed by atoms with Gasteiger partial charge < -0.3 is 10.1 Å². The smallest absolute Gasteiger partial charge is 0.359 e. The van der Waals surface area contributed by atoms with Crippen LogP contribution in [0.25, 0.3) is 10.9 Å². The summed E-state index contributed by atoms with van der Waals surface area (Å²) < 4.78 is 5.10. The molecule has 0 saturated carbocycles. The Hall–Kier alpha value is -3.15. The van der Waals surface area contributed by atoms with Crippen molar-refractivity contribution < 1.29 is 14.3 Å². The maximum absolute atomic E-state index is 12.2. The molecule has 2 N–H and O–H groups in total. The summed E-state index contributed by atoms with van der Waals surface area (Å²) in [6, 6.07) is 15.1. The molecule has 134 valence electrons. The summed E-state index contributed by atoms with van der Waals surface area (Å²) in [6.45, 7) is 3.64. The number of hydrogen-bond donors (Lipinski definition) is 2. The van der Waals surface area contributed by atoms with E-state index in [1.807, 2.05) is 49.4 Å². The van der Waals surface area contributed by atoms with Gasteiger partial charge in [0.05, 0.1) is 11.6 Å². The van der Waals surface area contributed by atoms with Crippen LogP contribution >= 0.6 is 0 Å². The number of benzene rings is 2. The summed E-state index contributed by atoms with van der Waals surface area (Å²) >= 11 is 0. The molecule has 1 unspecified atom stereocenters. The van der Waals surface area contributed by atoms with Crippen molar-refractivity contribution in [3.63, 3.8) is 0 Å². The van der Waals surface area contributed by atoms with Gasteiger partial charge in [0.1, 0.15) is 0 Å². The van der Waals surface area contributed by atoms with Gasteiger partial charge in [-0.05, 0) is 30.5 Å². The van der Waals surface area contributed by atoms with Gasteiger partial charge in [-0.25, -0.2) is 4.79 Å². The third-order valence-corrected chi connectivity index (χ3v) is 4.26. The second-order valence-electron chi connectivity index (χ2n) is 6.08. The van der Waals surface area contributed by atoms with Gasteiger partial charge in [0, 0.05) is 5.39 Å². The third kappa shape index (κ3) is 3.91. The van der Waals surface area contributed by atoms with E-state index in [0.717, 1.165) is 17.5 Å². The fourth-order valence-corrected chi connectivity index (χ4v) is 2.73. The van der Waals surface area contributed by atoms with E-state index in [2.05, 4.69) is 22.4 Å². The van der Waals surface area contributed by atoms with Crippen LogP contribution in [0.4, 0.5) is 0 Å². The van der Waals surface area contributed by atoms with E-state index < -0.39 is 5.97 Å². The molecule has 3 rings (SSSR count). The van der Waals surface area contributed by atoms with Gasteiger partial charge in [-0.15, -0.1) is 0 Å². The molecule has 1 aromatic heterocycles. The van der Waals surface area contributed by atoms with E-state index in [0.29, 0.717) is 5.39 Å². The van der Waals surface area contributed by atoms with Crippen LogP contribution in [0.2, 0.25) is 0 Å². The molecule has 1 atom stereocenters. The number of aromatic amines is 1. The zero-order chi connectivity index (χ0) is 18.5. The lowest BCUT2D eigenvalue weighted by atomic mass is 10.1. The highest BCUT2D eigenvalue weighted by molar-refractivity contribution is 6.02. The number of H-pyrrole nitrogens is 1. The van der Waals surface area contributed by atoms with Gasteiger partial charge in [0.25, 0.3) is 5.91 Å². The lowest BCUT2D eigenvalue weighted by Crippen LogP contribution is -2.31. The summed E-state index contributed by atoms with van der Waals surface area (Å²) in [4.78, 5) is 24.2. The number of hydrogen-bond acceptors (Lipinski definition) is 4. The first-order chi connectivity index (χ1) is 12.6. The third-order valence-electron chi connectivity index (χ3n) is 4.26. The van der Waals surface area contributed by atoms with Gasteiger partial charge in [0.15, 0.2) is 12.3 Å². The summed E-state index contributed by atoms with van der Waals surface area (Å²) in [5, 5.41) is 10.2. The molecular weight excluding hydrogens is 330 g/mol. The minimum atomic E-state index is -0.627. The van der Waals surface area contributed by atoms with Crippen LogP contribution in [0.5, 0.6) is 0 Å². The van der Waals surface area contributed by atoms with E-state index >= 15 is 0 Å². The molecule has 1 heterocycles. The van der Waals surface area contributed by atoms with Crippen molar-refractivity contribution in [3.8, 4) is 0 Å². The zero-order valence-electron chi connectivity index (χ0n) is 14.8. The molecule has 0 aliphatic rings. The molecule has 0 aliphatic heterocycles. The van der Waals surface area contributed by atoms with Crippen molar-refractivity contribution in [1.29, 1.82) is 0 Å². The second kappa shape index (κ2) is 7.82. The molecule has 0 saturated heterocycles. The molecular formula is C20H21N3O3. The number of nitrogens with zero attached hydrogens (tertiary/aromatic N) is 1. The van der Waals surface area contributed by atoms with Gasteiger partial charge in [-0.3, -0.25) is 9.89 Å². The number of para-hydroxylation sites is 1. The highest BCUT2D eigenvalue weighted by Crippen LogP contribution is 2.16. The van der Waals surface area contributed by atoms with Crippen LogP contribution in [-0.4, -0.2) is 28.7 Å². The number of amides is 1. The number of nitrogens with one attached hydrogen (secondary N) is 2. The maximum atomic E-state index is 12.2. The quantitative estimate of drug-likeness (QED) is 0.668. The SMILES string of the molecule is CCc1ccc(C(C)NC(=O)COC(=O)c2n[nH]c3ccccc23)cc1. The molecule has 1 amide bonds. The Balaban J connectivity index is 1.55. The van der Waals surface area contributed by atoms with Gasteiger partial charge in [-0.1, -0.05) is 49.4 Å². The molecule has 0 fully saturated rings. The highest BCUT2D eigenvalue weighted by Gasteiger charge is 2.17. The number of aromatic nitrogens is 2. The minimum Gasteiger partial charge on any atom is -0.451 e. The van der Waals surface area contributed by atoms with E-state index in [1.54, 1.807) is 6.07 Å². The number of rotatable bonds is 6. The number of carbonyl (C=O) groups excluding carboxylic acids is 2. The Bertz CT molecular complexity index is 915. The molecule has 26 heavy (non-hydrogen) atoms. The number of esters is 1. The van der Waals surface area contributed by atoms with Crippen LogP contribution < -0.4 is 5.32 Å². The summed E-state index contributed by atoms with van der Waals surface area (Å²) in [6.07, 6.45) is 0.971. The molecule has 0 bridgehead atoms. The summed E-state index contributed by atoms with van der Waals surface area (Å²) in [5.41, 5.74) is 3.16. The Morgan fingerprint density at radius 2 is 1.88 bits per heavy atom. The standard InChI is InChI=1S/C20H21N3O3/c1-3-14-8-10-15(11-9-14)13(2)21-18(24)12-26-20(25)19-16-6-4-5-7-17(16)22-23-19/h4-11,13H,3,12H2,1-2H3,(H,21,24)(H,22,23). The van der Waals surface area contributed by atoms with E-state index in [1.165, 1.54) is 5.56 Å².